The fourth-order valence-corrected chi connectivity index (χ4v) is 2.08. The Morgan fingerprint density at radius 1 is 0.947 bits per heavy atom. The van der Waals surface area contributed by atoms with Crippen LogP contribution >= 0.6 is 0 Å². The normalized spacial score (nSPS) is 12.4. The van der Waals surface area contributed by atoms with E-state index >= 15 is 0 Å². The zero-order valence-corrected chi connectivity index (χ0v) is 10.4. The molecule has 4 heteroatoms. The second-order valence-corrected chi connectivity index (χ2v) is 4.54. The number of aromatic hydroxyl groups is 2. The molecule has 0 aromatic heterocycles. The van der Waals surface area contributed by atoms with Crippen LogP contribution < -0.4 is 0 Å². The van der Waals surface area contributed by atoms with E-state index in [1.165, 1.54) is 12.1 Å². The van der Waals surface area contributed by atoms with Gasteiger partial charge < -0.3 is 10.2 Å². The Balaban J connectivity index is 2.28. The molecule has 0 saturated heterocycles. The number of halogens is 2. The highest BCUT2D eigenvalue weighted by atomic mass is 19.1. The molecule has 0 radical (unpaired) electrons. The highest BCUT2D eigenvalue weighted by Crippen LogP contribution is 2.29. The Hall–Kier alpha value is -2.10. The largest absolute Gasteiger partial charge is 0.505 e. The van der Waals surface area contributed by atoms with Crippen molar-refractivity contribution < 1.29 is 19.0 Å². The van der Waals surface area contributed by atoms with E-state index in [2.05, 4.69) is 0 Å². The fraction of sp³-hybridized carbons (Fsp3) is 0.200. The maximum Gasteiger partial charge on any atom is 0.168 e. The molecule has 0 heterocycles. The Morgan fingerprint density at radius 3 is 2.21 bits per heavy atom. The number of benzene rings is 2. The van der Waals surface area contributed by atoms with Crippen LogP contribution in [0.3, 0.4) is 0 Å². The summed E-state index contributed by atoms with van der Waals surface area (Å²) in [6.45, 7) is 1.74. The zero-order chi connectivity index (χ0) is 14.0. The maximum atomic E-state index is 13.7. The number of hydrogen-bond donors (Lipinski definition) is 2. The van der Waals surface area contributed by atoms with Gasteiger partial charge in [0.05, 0.1) is 0 Å². The molecule has 0 fully saturated rings. The van der Waals surface area contributed by atoms with Gasteiger partial charge in [-0.15, -0.1) is 0 Å². The van der Waals surface area contributed by atoms with Crippen molar-refractivity contribution in [2.24, 2.45) is 0 Å². The third-order valence-corrected chi connectivity index (χ3v) is 3.12. The van der Waals surface area contributed by atoms with Crippen molar-refractivity contribution in [3.8, 4) is 11.5 Å². The molecule has 2 aromatic rings. The summed E-state index contributed by atoms with van der Waals surface area (Å²) in [5.74, 6) is -2.52. The Morgan fingerprint density at radius 2 is 1.53 bits per heavy atom. The van der Waals surface area contributed by atoms with Crippen LogP contribution in [0.1, 0.15) is 24.0 Å². The van der Waals surface area contributed by atoms with Gasteiger partial charge in [0.25, 0.3) is 0 Å². The van der Waals surface area contributed by atoms with Crippen molar-refractivity contribution in [2.75, 3.05) is 0 Å². The van der Waals surface area contributed by atoms with Crippen LogP contribution in [0.2, 0.25) is 0 Å². The zero-order valence-electron chi connectivity index (χ0n) is 10.4. The molecule has 2 N–H and O–H groups in total. The first-order chi connectivity index (χ1) is 9.00. The van der Waals surface area contributed by atoms with E-state index in [0.29, 0.717) is 11.1 Å². The Bertz CT molecular complexity index is 597. The number of phenolic OH excluding ortho intramolecular Hbond substituents is 2. The van der Waals surface area contributed by atoms with Crippen LogP contribution in [0.5, 0.6) is 11.5 Å². The minimum Gasteiger partial charge on any atom is -0.505 e. The first-order valence-corrected chi connectivity index (χ1v) is 5.94. The van der Waals surface area contributed by atoms with E-state index in [0.717, 1.165) is 0 Å². The topological polar surface area (TPSA) is 40.5 Å². The van der Waals surface area contributed by atoms with Crippen molar-refractivity contribution in [1.82, 2.24) is 0 Å². The quantitative estimate of drug-likeness (QED) is 0.887. The summed E-state index contributed by atoms with van der Waals surface area (Å²) in [5, 5.41) is 18.6. The van der Waals surface area contributed by atoms with Gasteiger partial charge in [0.1, 0.15) is 0 Å². The van der Waals surface area contributed by atoms with Crippen molar-refractivity contribution in [1.29, 1.82) is 0 Å². The summed E-state index contributed by atoms with van der Waals surface area (Å²) in [5.41, 5.74) is 0.637. The lowest BCUT2D eigenvalue weighted by Gasteiger charge is -2.14. The highest BCUT2D eigenvalue weighted by molar-refractivity contribution is 5.35. The molecule has 0 aliphatic rings. The van der Waals surface area contributed by atoms with E-state index in [-0.39, 0.29) is 12.3 Å². The van der Waals surface area contributed by atoms with Gasteiger partial charge in [0.15, 0.2) is 23.1 Å². The predicted octanol–water partition coefficient (Wildman–Crippen LogP) is 3.72. The molecule has 1 atom stereocenters. The summed E-state index contributed by atoms with van der Waals surface area (Å²) in [6.07, 6.45) is 0.237. The van der Waals surface area contributed by atoms with Crippen LogP contribution in [0.25, 0.3) is 0 Å². The van der Waals surface area contributed by atoms with Crippen LogP contribution in [-0.4, -0.2) is 10.2 Å². The van der Waals surface area contributed by atoms with Gasteiger partial charge in [0, 0.05) is 0 Å². The van der Waals surface area contributed by atoms with E-state index < -0.39 is 23.1 Å². The molecule has 2 nitrogen and oxygen atoms in total. The Labute approximate surface area is 110 Å². The minimum absolute atomic E-state index is 0.237. The second kappa shape index (κ2) is 5.26. The molecule has 0 aliphatic carbocycles. The summed E-state index contributed by atoms with van der Waals surface area (Å²) in [7, 11) is 0. The van der Waals surface area contributed by atoms with Crippen molar-refractivity contribution >= 4 is 0 Å². The van der Waals surface area contributed by atoms with Crippen LogP contribution in [-0.2, 0) is 6.42 Å². The number of hydrogen-bond acceptors (Lipinski definition) is 2. The number of phenols is 2. The molecular weight excluding hydrogens is 250 g/mol. The van der Waals surface area contributed by atoms with Crippen LogP contribution in [0.4, 0.5) is 8.78 Å². The lowest BCUT2D eigenvalue weighted by molar-refractivity contribution is 0.422. The average molecular weight is 264 g/mol. The molecule has 2 rings (SSSR count). The molecule has 0 spiro atoms. The van der Waals surface area contributed by atoms with Gasteiger partial charge >= 0.3 is 0 Å². The molecule has 0 aliphatic heterocycles. The average Bonchev–Trinajstić information content (AvgIpc) is 2.38. The lowest BCUT2D eigenvalue weighted by atomic mass is 9.93. The van der Waals surface area contributed by atoms with Crippen LogP contribution in [0, 0.1) is 11.6 Å². The van der Waals surface area contributed by atoms with E-state index in [4.69, 9.17) is 0 Å². The summed E-state index contributed by atoms with van der Waals surface area (Å²) in [4.78, 5) is 0. The number of rotatable bonds is 3. The standard InChI is InChI=1S/C15H14F2O2/c1-9(11-5-3-7-13(19)15(11)17)8-10-4-2-6-12(18)14(10)16/h2-7,9,18-19H,8H2,1H3. The molecule has 100 valence electrons. The smallest absolute Gasteiger partial charge is 0.168 e. The Kier molecular flexibility index (Phi) is 3.69. The third-order valence-electron chi connectivity index (χ3n) is 3.12. The van der Waals surface area contributed by atoms with Gasteiger partial charge in [-0.2, -0.15) is 0 Å². The molecule has 2 aromatic carbocycles. The summed E-state index contributed by atoms with van der Waals surface area (Å²) >= 11 is 0. The molecular formula is C15H14F2O2. The second-order valence-electron chi connectivity index (χ2n) is 4.54. The highest BCUT2D eigenvalue weighted by Gasteiger charge is 2.16. The van der Waals surface area contributed by atoms with E-state index in [1.54, 1.807) is 31.2 Å². The van der Waals surface area contributed by atoms with E-state index in [1.807, 2.05) is 0 Å². The minimum atomic E-state index is -0.685. The fourth-order valence-electron chi connectivity index (χ4n) is 2.08. The van der Waals surface area contributed by atoms with Gasteiger partial charge in [-0.05, 0) is 35.6 Å². The summed E-state index contributed by atoms with van der Waals surface area (Å²) in [6, 6.07) is 8.72. The molecule has 19 heavy (non-hydrogen) atoms. The maximum absolute atomic E-state index is 13.7. The van der Waals surface area contributed by atoms with E-state index in [9.17, 15) is 19.0 Å². The van der Waals surface area contributed by atoms with Crippen molar-refractivity contribution in [2.45, 2.75) is 19.3 Å². The lowest BCUT2D eigenvalue weighted by Crippen LogP contribution is -2.03. The van der Waals surface area contributed by atoms with Gasteiger partial charge in [0.2, 0.25) is 0 Å². The van der Waals surface area contributed by atoms with Gasteiger partial charge in [-0.3, -0.25) is 0 Å². The monoisotopic (exact) mass is 264 g/mol. The first kappa shape index (κ1) is 13.3. The molecule has 0 bridgehead atoms. The summed E-state index contributed by atoms with van der Waals surface area (Å²) < 4.78 is 27.4. The van der Waals surface area contributed by atoms with Gasteiger partial charge in [-0.25, -0.2) is 8.78 Å². The van der Waals surface area contributed by atoms with Crippen molar-refractivity contribution in [3.63, 3.8) is 0 Å². The van der Waals surface area contributed by atoms with Gasteiger partial charge in [-0.1, -0.05) is 31.2 Å². The molecule has 0 amide bonds. The SMILES string of the molecule is CC(Cc1cccc(O)c1F)c1cccc(O)c1F. The first-order valence-electron chi connectivity index (χ1n) is 5.94. The predicted molar refractivity (Wildman–Crippen MR) is 68.2 cm³/mol. The van der Waals surface area contributed by atoms with Crippen LogP contribution in [0.15, 0.2) is 36.4 Å². The molecule has 1 unspecified atom stereocenters. The third kappa shape index (κ3) is 2.67. The molecule has 0 saturated carbocycles. The van der Waals surface area contributed by atoms with Crippen molar-refractivity contribution in [3.05, 3.63) is 59.2 Å².